The number of para-hydroxylation sites is 1. The molecule has 1 aromatic heterocycles. The lowest BCUT2D eigenvalue weighted by Crippen LogP contribution is -2.07. The van der Waals surface area contributed by atoms with Gasteiger partial charge in [-0.25, -0.2) is 9.78 Å². The van der Waals surface area contributed by atoms with Crippen LogP contribution < -0.4 is 10.1 Å². The first-order chi connectivity index (χ1) is 19.6. The molecule has 6 heteroatoms. The lowest BCUT2D eigenvalue weighted by atomic mass is 10.0. The SMILES string of the molecule is C=CC(=O)Oc1ccccc1-c1[nH]cnc1-c1ccc(/C=C/C(=O)Nc2ccc(CCCCCCC)cc2)cc1. The highest BCUT2D eigenvalue weighted by molar-refractivity contribution is 6.02. The van der Waals surface area contributed by atoms with Gasteiger partial charge in [0.1, 0.15) is 5.75 Å². The van der Waals surface area contributed by atoms with Crippen molar-refractivity contribution < 1.29 is 14.3 Å². The van der Waals surface area contributed by atoms with E-state index in [1.165, 1.54) is 43.7 Å². The maximum atomic E-state index is 12.5. The number of aromatic amines is 1. The van der Waals surface area contributed by atoms with Gasteiger partial charge in [0.2, 0.25) is 5.91 Å². The van der Waals surface area contributed by atoms with E-state index in [1.54, 1.807) is 24.5 Å². The Balaban J connectivity index is 1.36. The summed E-state index contributed by atoms with van der Waals surface area (Å²) in [6.07, 6.45) is 13.4. The Morgan fingerprint density at radius 1 is 0.950 bits per heavy atom. The Morgan fingerprint density at radius 2 is 1.70 bits per heavy atom. The van der Waals surface area contributed by atoms with Crippen LogP contribution in [0.4, 0.5) is 5.69 Å². The zero-order valence-corrected chi connectivity index (χ0v) is 22.9. The second-order valence-electron chi connectivity index (χ2n) is 9.55. The molecule has 0 spiro atoms. The Bertz CT molecular complexity index is 1450. The minimum absolute atomic E-state index is 0.184. The van der Waals surface area contributed by atoms with E-state index in [1.807, 2.05) is 48.5 Å². The van der Waals surface area contributed by atoms with Gasteiger partial charge < -0.3 is 15.0 Å². The van der Waals surface area contributed by atoms with E-state index in [2.05, 4.69) is 40.9 Å². The molecule has 0 atom stereocenters. The van der Waals surface area contributed by atoms with Gasteiger partial charge in [0.25, 0.3) is 0 Å². The third kappa shape index (κ3) is 7.90. The number of rotatable bonds is 13. The summed E-state index contributed by atoms with van der Waals surface area (Å²) in [7, 11) is 0. The van der Waals surface area contributed by atoms with Crippen LogP contribution in [0.2, 0.25) is 0 Å². The number of hydrogen-bond donors (Lipinski definition) is 2. The topological polar surface area (TPSA) is 84.1 Å². The molecule has 0 radical (unpaired) electrons. The lowest BCUT2D eigenvalue weighted by molar-refractivity contribution is -0.128. The smallest absolute Gasteiger partial charge is 0.335 e. The van der Waals surface area contributed by atoms with Crippen molar-refractivity contribution in [2.24, 2.45) is 0 Å². The zero-order valence-electron chi connectivity index (χ0n) is 22.9. The van der Waals surface area contributed by atoms with E-state index in [9.17, 15) is 9.59 Å². The highest BCUT2D eigenvalue weighted by Crippen LogP contribution is 2.35. The first kappa shape index (κ1) is 28.3. The maximum Gasteiger partial charge on any atom is 0.335 e. The fraction of sp³-hybridized carbons (Fsp3) is 0.206. The molecule has 0 saturated carbocycles. The number of unbranched alkanes of at least 4 members (excludes halogenated alkanes) is 4. The van der Waals surface area contributed by atoms with Crippen LogP contribution in [0.1, 0.15) is 50.2 Å². The summed E-state index contributed by atoms with van der Waals surface area (Å²) in [5, 5.41) is 2.92. The van der Waals surface area contributed by atoms with Crippen LogP contribution >= 0.6 is 0 Å². The quantitative estimate of drug-likeness (QED) is 0.0789. The molecule has 0 fully saturated rings. The number of carbonyl (C=O) groups is 2. The van der Waals surface area contributed by atoms with E-state index >= 15 is 0 Å². The number of nitrogens with zero attached hydrogens (tertiary/aromatic N) is 1. The van der Waals surface area contributed by atoms with Crippen LogP contribution in [-0.2, 0) is 16.0 Å². The van der Waals surface area contributed by atoms with E-state index < -0.39 is 5.97 Å². The average Bonchev–Trinajstić information content (AvgIpc) is 3.47. The molecule has 4 aromatic rings. The zero-order chi connectivity index (χ0) is 28.2. The van der Waals surface area contributed by atoms with Gasteiger partial charge >= 0.3 is 5.97 Å². The summed E-state index contributed by atoms with van der Waals surface area (Å²) in [6.45, 7) is 5.69. The minimum Gasteiger partial charge on any atom is -0.423 e. The van der Waals surface area contributed by atoms with Crippen molar-refractivity contribution in [2.75, 3.05) is 5.32 Å². The molecule has 204 valence electrons. The normalized spacial score (nSPS) is 10.9. The fourth-order valence-corrected chi connectivity index (χ4v) is 4.43. The largest absolute Gasteiger partial charge is 0.423 e. The van der Waals surface area contributed by atoms with Crippen LogP contribution in [0, 0.1) is 0 Å². The molecule has 0 unspecified atom stereocenters. The van der Waals surface area contributed by atoms with Crippen molar-refractivity contribution in [1.29, 1.82) is 0 Å². The number of carbonyl (C=O) groups excluding carboxylic acids is 2. The molecule has 4 rings (SSSR count). The molecule has 6 nitrogen and oxygen atoms in total. The number of hydrogen-bond acceptors (Lipinski definition) is 4. The summed E-state index contributed by atoms with van der Waals surface area (Å²) in [5.74, 6) is -0.295. The van der Waals surface area contributed by atoms with Crippen molar-refractivity contribution in [1.82, 2.24) is 9.97 Å². The molecule has 2 N–H and O–H groups in total. The van der Waals surface area contributed by atoms with Crippen LogP contribution in [0.15, 0.2) is 97.9 Å². The van der Waals surface area contributed by atoms with Crippen LogP contribution in [0.5, 0.6) is 5.75 Å². The molecule has 1 heterocycles. The van der Waals surface area contributed by atoms with Crippen LogP contribution in [0.25, 0.3) is 28.6 Å². The monoisotopic (exact) mass is 533 g/mol. The van der Waals surface area contributed by atoms with Crippen molar-refractivity contribution in [2.45, 2.75) is 45.4 Å². The number of anilines is 1. The van der Waals surface area contributed by atoms with Gasteiger partial charge in [0.15, 0.2) is 0 Å². The summed E-state index contributed by atoms with van der Waals surface area (Å²) in [5.41, 5.74) is 6.02. The Hall–Kier alpha value is -4.71. The molecule has 3 aromatic carbocycles. The molecule has 0 aliphatic heterocycles. The van der Waals surface area contributed by atoms with Gasteiger partial charge in [-0.15, -0.1) is 0 Å². The molecular formula is C34H35N3O3. The number of aryl methyl sites for hydroxylation is 1. The number of H-pyrrole nitrogens is 1. The van der Waals surface area contributed by atoms with Crippen molar-refractivity contribution >= 4 is 23.6 Å². The van der Waals surface area contributed by atoms with Gasteiger partial charge in [-0.2, -0.15) is 0 Å². The number of ether oxygens (including phenoxy) is 1. The van der Waals surface area contributed by atoms with E-state index in [4.69, 9.17) is 4.74 Å². The van der Waals surface area contributed by atoms with Gasteiger partial charge in [0, 0.05) is 29.0 Å². The van der Waals surface area contributed by atoms with Crippen molar-refractivity contribution in [3.05, 3.63) is 109 Å². The Labute approximate surface area is 235 Å². The predicted molar refractivity (Wildman–Crippen MR) is 162 cm³/mol. The second kappa shape index (κ2) is 14.4. The minimum atomic E-state index is -0.529. The summed E-state index contributed by atoms with van der Waals surface area (Å²) >= 11 is 0. The van der Waals surface area contributed by atoms with Gasteiger partial charge in [0.05, 0.1) is 17.7 Å². The van der Waals surface area contributed by atoms with E-state index in [0.717, 1.165) is 40.7 Å². The molecular weight excluding hydrogens is 498 g/mol. The van der Waals surface area contributed by atoms with E-state index in [-0.39, 0.29) is 5.91 Å². The summed E-state index contributed by atoms with van der Waals surface area (Å²) in [6, 6.07) is 23.1. The summed E-state index contributed by atoms with van der Waals surface area (Å²) in [4.78, 5) is 31.9. The maximum absolute atomic E-state index is 12.5. The Kier molecular flexibility index (Phi) is 10.2. The van der Waals surface area contributed by atoms with Crippen molar-refractivity contribution in [3.8, 4) is 28.3 Å². The third-order valence-corrected chi connectivity index (χ3v) is 6.57. The molecule has 0 saturated heterocycles. The molecule has 0 aliphatic rings. The van der Waals surface area contributed by atoms with Gasteiger partial charge in [-0.1, -0.05) is 87.7 Å². The highest BCUT2D eigenvalue weighted by Gasteiger charge is 2.15. The Morgan fingerprint density at radius 3 is 2.45 bits per heavy atom. The van der Waals surface area contributed by atoms with Crippen molar-refractivity contribution in [3.63, 3.8) is 0 Å². The molecule has 0 bridgehead atoms. The van der Waals surface area contributed by atoms with Gasteiger partial charge in [-0.05, 0) is 54.3 Å². The second-order valence-corrected chi connectivity index (χ2v) is 9.55. The van der Waals surface area contributed by atoms with Gasteiger partial charge in [-0.3, -0.25) is 4.79 Å². The number of benzene rings is 3. The van der Waals surface area contributed by atoms with E-state index in [0.29, 0.717) is 11.3 Å². The molecule has 1 amide bonds. The average molecular weight is 534 g/mol. The highest BCUT2D eigenvalue weighted by atomic mass is 16.5. The standard InChI is InChI=1S/C34H35N3O3/c1-3-5-6-7-8-11-25-16-21-28(22-17-25)37-31(38)23-18-26-14-19-27(20-15-26)33-34(36-24-35-33)29-12-9-10-13-30(29)40-32(39)4-2/h4,9-10,12-24H,2-3,5-8,11H2,1H3,(H,35,36)(H,37,38)/b23-18+. The number of imidazole rings is 1. The lowest BCUT2D eigenvalue weighted by Gasteiger charge is -2.09. The van der Waals surface area contributed by atoms with Crippen LogP contribution in [0.3, 0.4) is 0 Å². The predicted octanol–water partition coefficient (Wildman–Crippen LogP) is 8.00. The number of nitrogens with one attached hydrogen (secondary N) is 2. The number of aromatic nitrogens is 2. The molecule has 0 aliphatic carbocycles. The first-order valence-electron chi connectivity index (χ1n) is 13.7. The fourth-order valence-electron chi connectivity index (χ4n) is 4.43. The number of amides is 1. The summed E-state index contributed by atoms with van der Waals surface area (Å²) < 4.78 is 5.41. The molecule has 40 heavy (non-hydrogen) atoms. The van der Waals surface area contributed by atoms with Crippen LogP contribution in [-0.4, -0.2) is 21.8 Å². The third-order valence-electron chi connectivity index (χ3n) is 6.57. The number of esters is 1. The first-order valence-corrected chi connectivity index (χ1v) is 13.7.